The number of fused-ring (bicyclic) bond motifs is 1. The summed E-state index contributed by atoms with van der Waals surface area (Å²) in [5.74, 6) is 1.21. The third-order valence-corrected chi connectivity index (χ3v) is 5.67. The highest BCUT2D eigenvalue weighted by atomic mass is 79.9. The number of aliphatic hydroxyl groups excluding tert-OH is 1. The Balaban J connectivity index is 1.87. The van der Waals surface area contributed by atoms with Gasteiger partial charge in [0.25, 0.3) is 0 Å². The second-order valence-corrected chi connectivity index (χ2v) is 7.59. The summed E-state index contributed by atoms with van der Waals surface area (Å²) >= 11 is 4.91. The van der Waals surface area contributed by atoms with Crippen LogP contribution in [0.25, 0.3) is 16.5 Å². The van der Waals surface area contributed by atoms with Crippen molar-refractivity contribution >= 4 is 38.5 Å². The molecule has 122 valence electrons. The van der Waals surface area contributed by atoms with Gasteiger partial charge in [-0.25, -0.2) is 0 Å². The molecular formula is C18H16BrN3OS. The molecule has 1 aliphatic rings. The molecule has 1 N–H and O–H groups in total. The van der Waals surface area contributed by atoms with Crippen molar-refractivity contribution in [3.8, 4) is 5.69 Å². The van der Waals surface area contributed by atoms with Gasteiger partial charge in [0.2, 0.25) is 4.73 Å². The Bertz CT molecular complexity index is 933. The van der Waals surface area contributed by atoms with Crippen molar-refractivity contribution in [2.24, 2.45) is 0 Å². The van der Waals surface area contributed by atoms with Gasteiger partial charge in [0.05, 0.1) is 17.2 Å². The highest BCUT2D eigenvalue weighted by Crippen LogP contribution is 2.44. The maximum atomic E-state index is 9.37. The Morgan fingerprint density at radius 3 is 2.67 bits per heavy atom. The number of benzene rings is 2. The van der Waals surface area contributed by atoms with E-state index in [0.29, 0.717) is 16.4 Å². The predicted octanol–water partition coefficient (Wildman–Crippen LogP) is 5.22. The summed E-state index contributed by atoms with van der Waals surface area (Å²) in [4.78, 5) is 0. The number of hydrogen-bond acceptors (Lipinski definition) is 4. The first-order valence-corrected chi connectivity index (χ1v) is 9.55. The Kier molecular flexibility index (Phi) is 4.10. The van der Waals surface area contributed by atoms with Gasteiger partial charge in [-0.1, -0.05) is 48.7 Å². The molecule has 0 aliphatic heterocycles. The highest BCUT2D eigenvalue weighted by molar-refractivity contribution is 9.10. The fourth-order valence-electron chi connectivity index (χ4n) is 2.95. The molecule has 4 rings (SSSR count). The van der Waals surface area contributed by atoms with Crippen molar-refractivity contribution in [1.82, 2.24) is 14.8 Å². The maximum Gasteiger partial charge on any atom is 0.205 e. The maximum absolute atomic E-state index is 9.37. The number of thioether (sulfide) groups is 1. The monoisotopic (exact) mass is 401 g/mol. The van der Waals surface area contributed by atoms with Gasteiger partial charge in [0.1, 0.15) is 0 Å². The average molecular weight is 402 g/mol. The molecule has 0 saturated heterocycles. The summed E-state index contributed by atoms with van der Waals surface area (Å²) in [5.41, 5.74) is 2.47. The van der Waals surface area contributed by atoms with Crippen LogP contribution in [0, 0.1) is 0 Å². The zero-order chi connectivity index (χ0) is 16.7. The first-order chi connectivity index (χ1) is 11.6. The van der Waals surface area contributed by atoms with E-state index in [0.717, 1.165) is 10.8 Å². The molecule has 1 aliphatic carbocycles. The Morgan fingerprint density at radius 1 is 1.21 bits per heavy atom. The summed E-state index contributed by atoms with van der Waals surface area (Å²) in [6.45, 7) is 3.53. The Hall–Kier alpha value is -1.79. The van der Waals surface area contributed by atoms with E-state index in [9.17, 15) is 5.11 Å². The lowest BCUT2D eigenvalue weighted by atomic mass is 9.99. The van der Waals surface area contributed by atoms with Crippen LogP contribution in [0.2, 0.25) is 0 Å². The van der Waals surface area contributed by atoms with Crippen LogP contribution in [-0.4, -0.2) is 25.6 Å². The molecule has 0 spiro atoms. The van der Waals surface area contributed by atoms with E-state index >= 15 is 0 Å². The molecule has 24 heavy (non-hydrogen) atoms. The number of rotatable bonds is 5. The van der Waals surface area contributed by atoms with E-state index in [4.69, 9.17) is 0 Å². The Labute approximate surface area is 152 Å². The zero-order valence-electron chi connectivity index (χ0n) is 12.9. The molecule has 0 bridgehead atoms. The minimum Gasteiger partial charge on any atom is -0.512 e. The van der Waals surface area contributed by atoms with Crippen LogP contribution in [0.1, 0.15) is 24.3 Å². The predicted molar refractivity (Wildman–Crippen MR) is 101 cm³/mol. The van der Waals surface area contributed by atoms with Crippen molar-refractivity contribution in [3.05, 3.63) is 59.0 Å². The van der Waals surface area contributed by atoms with Gasteiger partial charge in [-0.15, -0.1) is 10.2 Å². The summed E-state index contributed by atoms with van der Waals surface area (Å²) in [7, 11) is 0. The highest BCUT2D eigenvalue weighted by Gasteiger charge is 2.26. The number of aliphatic hydroxyl groups is 1. The number of halogens is 1. The van der Waals surface area contributed by atoms with Crippen LogP contribution in [0.15, 0.2) is 58.6 Å². The van der Waals surface area contributed by atoms with E-state index in [1.807, 2.05) is 4.57 Å². The summed E-state index contributed by atoms with van der Waals surface area (Å²) in [6.07, 6.45) is 2.55. The van der Waals surface area contributed by atoms with E-state index in [2.05, 4.69) is 69.1 Å². The first kappa shape index (κ1) is 15.7. The molecule has 1 heterocycles. The zero-order valence-corrected chi connectivity index (χ0v) is 15.3. The molecule has 4 nitrogen and oxygen atoms in total. The largest absolute Gasteiger partial charge is 0.512 e. The SMILES string of the molecule is C=C(O)CSc1nnc(Br)n1-c1ccc(C2CC2)c2ccccc12. The normalized spacial score (nSPS) is 14.2. The van der Waals surface area contributed by atoms with Crippen molar-refractivity contribution in [1.29, 1.82) is 0 Å². The topological polar surface area (TPSA) is 50.9 Å². The summed E-state index contributed by atoms with van der Waals surface area (Å²) in [5, 5.41) is 20.9. The lowest BCUT2D eigenvalue weighted by Gasteiger charge is -2.13. The minimum atomic E-state index is 0.125. The molecular weight excluding hydrogens is 386 g/mol. The lowest BCUT2D eigenvalue weighted by molar-refractivity contribution is 0.420. The van der Waals surface area contributed by atoms with Gasteiger partial charge >= 0.3 is 0 Å². The molecule has 0 atom stereocenters. The molecule has 1 aromatic heterocycles. The fraction of sp³-hybridized carbons (Fsp3) is 0.222. The van der Waals surface area contributed by atoms with Gasteiger partial charge in [-0.05, 0) is 51.7 Å². The van der Waals surface area contributed by atoms with E-state index < -0.39 is 0 Å². The molecule has 0 unspecified atom stereocenters. The molecule has 1 saturated carbocycles. The van der Waals surface area contributed by atoms with E-state index in [1.54, 1.807) is 0 Å². The number of aromatic nitrogens is 3. The summed E-state index contributed by atoms with van der Waals surface area (Å²) in [6, 6.07) is 12.8. The fourth-order valence-corrected chi connectivity index (χ4v) is 4.21. The first-order valence-electron chi connectivity index (χ1n) is 7.77. The third-order valence-electron chi connectivity index (χ3n) is 4.15. The molecule has 6 heteroatoms. The number of hydrogen-bond donors (Lipinski definition) is 1. The molecule has 3 aromatic rings. The summed E-state index contributed by atoms with van der Waals surface area (Å²) < 4.78 is 2.63. The number of nitrogens with zero attached hydrogens (tertiary/aromatic N) is 3. The van der Waals surface area contributed by atoms with Crippen LogP contribution in [-0.2, 0) is 0 Å². The van der Waals surface area contributed by atoms with Crippen molar-refractivity contribution in [3.63, 3.8) is 0 Å². The van der Waals surface area contributed by atoms with E-state index in [1.165, 1.54) is 40.9 Å². The molecule has 0 radical (unpaired) electrons. The molecule has 2 aromatic carbocycles. The van der Waals surface area contributed by atoms with E-state index in [-0.39, 0.29) is 5.76 Å². The van der Waals surface area contributed by atoms with Crippen LogP contribution >= 0.6 is 27.7 Å². The van der Waals surface area contributed by atoms with Crippen molar-refractivity contribution in [2.75, 3.05) is 5.75 Å². The van der Waals surface area contributed by atoms with Crippen LogP contribution in [0.5, 0.6) is 0 Å². The van der Waals surface area contributed by atoms with Gasteiger partial charge < -0.3 is 5.11 Å². The lowest BCUT2D eigenvalue weighted by Crippen LogP contribution is -2.00. The second-order valence-electron chi connectivity index (χ2n) is 5.94. The quantitative estimate of drug-likeness (QED) is 0.469. The molecule has 1 fully saturated rings. The van der Waals surface area contributed by atoms with Crippen LogP contribution < -0.4 is 0 Å². The Morgan fingerprint density at radius 2 is 1.96 bits per heavy atom. The smallest absolute Gasteiger partial charge is 0.205 e. The second kappa shape index (κ2) is 6.26. The van der Waals surface area contributed by atoms with Crippen LogP contribution in [0.3, 0.4) is 0 Å². The van der Waals surface area contributed by atoms with Gasteiger partial charge in [-0.2, -0.15) is 0 Å². The minimum absolute atomic E-state index is 0.125. The van der Waals surface area contributed by atoms with Gasteiger partial charge in [0, 0.05) is 5.39 Å². The van der Waals surface area contributed by atoms with Crippen LogP contribution in [0.4, 0.5) is 0 Å². The van der Waals surface area contributed by atoms with Crippen molar-refractivity contribution in [2.45, 2.75) is 23.9 Å². The van der Waals surface area contributed by atoms with Gasteiger partial charge in [0.15, 0.2) is 5.16 Å². The van der Waals surface area contributed by atoms with Crippen molar-refractivity contribution < 1.29 is 5.11 Å². The molecule has 0 amide bonds. The average Bonchev–Trinajstić information content (AvgIpc) is 3.35. The third kappa shape index (κ3) is 2.84. The van der Waals surface area contributed by atoms with Gasteiger partial charge in [-0.3, -0.25) is 4.57 Å². The standard InChI is InChI=1S/C18H16BrN3OS/c1-11(23)10-24-18-21-20-17(19)22(18)16-9-8-13(12-6-7-12)14-4-2-3-5-15(14)16/h2-5,8-9,12,23H,1,6-7,10H2.